The fourth-order valence-corrected chi connectivity index (χ4v) is 4.00. The first-order valence-corrected chi connectivity index (χ1v) is 13.1. The average Bonchev–Trinajstić information content (AvgIpc) is 2.76. The minimum absolute atomic E-state index is 0.0454. The molecule has 0 aliphatic heterocycles. The third-order valence-corrected chi connectivity index (χ3v) is 6.19. The fourth-order valence-electron chi connectivity index (χ4n) is 3.84. The monoisotopic (exact) mass is 490 g/mol. The second-order valence-corrected chi connectivity index (χ2v) is 9.28. The Bertz CT molecular complexity index is 653. The molecule has 2 N–H and O–H groups in total. The van der Waals surface area contributed by atoms with Crippen LogP contribution in [0.1, 0.15) is 115 Å². The van der Waals surface area contributed by atoms with Crippen molar-refractivity contribution in [3.63, 3.8) is 0 Å². The Labute approximate surface area is 203 Å². The highest BCUT2D eigenvalue weighted by atomic mass is 35.5. The molecular weight excluding hydrogens is 449 g/mol. The molecule has 190 valence electrons. The molecule has 0 aliphatic rings. The number of carbonyl (C=O) groups excluding carboxylic acids is 1. The number of amides is 2. The molecule has 0 aliphatic carbocycles. The smallest absolute Gasteiger partial charge is 0.338 e. The second-order valence-electron chi connectivity index (χ2n) is 8.88. The van der Waals surface area contributed by atoms with Gasteiger partial charge in [0, 0.05) is 6.54 Å². The summed E-state index contributed by atoms with van der Waals surface area (Å²) < 4.78 is 38.4. The number of hydrogen-bond acceptors (Lipinski definition) is 1. The zero-order valence-electron chi connectivity index (χ0n) is 20.2. The van der Waals surface area contributed by atoms with E-state index in [2.05, 4.69) is 17.6 Å². The van der Waals surface area contributed by atoms with Crippen LogP contribution in [0.3, 0.4) is 0 Å². The molecule has 0 unspecified atom stereocenters. The second kappa shape index (κ2) is 18.0. The number of alkyl halides is 3. The molecular formula is C26H42ClF3N2O. The third kappa shape index (κ3) is 15.2. The van der Waals surface area contributed by atoms with Crippen molar-refractivity contribution < 1.29 is 18.0 Å². The molecule has 0 radical (unpaired) electrons. The normalized spacial score (nSPS) is 11.5. The molecule has 0 spiro atoms. The summed E-state index contributed by atoms with van der Waals surface area (Å²) in [5.41, 5.74) is -0.893. The van der Waals surface area contributed by atoms with E-state index in [9.17, 15) is 18.0 Å². The summed E-state index contributed by atoms with van der Waals surface area (Å²) in [6, 6.07) is 2.32. The number of hydrogen-bond donors (Lipinski definition) is 2. The maximum absolute atomic E-state index is 12.8. The fraction of sp³-hybridized carbons (Fsp3) is 0.731. The van der Waals surface area contributed by atoms with E-state index in [1.165, 1.54) is 83.5 Å². The molecule has 0 saturated carbocycles. The summed E-state index contributed by atoms with van der Waals surface area (Å²) in [6.45, 7) is 2.74. The lowest BCUT2D eigenvalue weighted by Gasteiger charge is -2.12. The molecule has 0 atom stereocenters. The van der Waals surface area contributed by atoms with Crippen LogP contribution >= 0.6 is 11.6 Å². The van der Waals surface area contributed by atoms with Crippen LogP contribution in [0.4, 0.5) is 23.7 Å². The molecule has 7 heteroatoms. The predicted molar refractivity (Wildman–Crippen MR) is 133 cm³/mol. The highest BCUT2D eigenvalue weighted by molar-refractivity contribution is 6.33. The third-order valence-electron chi connectivity index (χ3n) is 5.86. The first-order valence-electron chi connectivity index (χ1n) is 12.8. The Kier molecular flexibility index (Phi) is 16.1. The maximum Gasteiger partial charge on any atom is 0.416 e. The molecule has 33 heavy (non-hydrogen) atoms. The van der Waals surface area contributed by atoms with Gasteiger partial charge < -0.3 is 10.6 Å². The standard InChI is InChI=1S/C26H42ClF3N2O/c1-2-3-4-5-6-7-8-9-10-11-12-13-14-15-16-17-20-31-25(33)32-24-21-22(26(28,29)30)18-19-23(24)27/h18-19,21H,2-17,20H2,1H3,(H2,31,32,33). The van der Waals surface area contributed by atoms with E-state index in [4.69, 9.17) is 11.6 Å². The van der Waals surface area contributed by atoms with Gasteiger partial charge in [0.25, 0.3) is 0 Å². The number of carbonyl (C=O) groups is 1. The number of unbranched alkanes of at least 4 members (excludes halogenated alkanes) is 15. The molecule has 0 aromatic heterocycles. The predicted octanol–water partition coefficient (Wildman–Crippen LogP) is 9.74. The van der Waals surface area contributed by atoms with Crippen LogP contribution in [0, 0.1) is 0 Å². The van der Waals surface area contributed by atoms with Crippen LogP contribution in [0.25, 0.3) is 0 Å². The number of urea groups is 1. The van der Waals surface area contributed by atoms with Gasteiger partial charge in [-0.2, -0.15) is 13.2 Å². The van der Waals surface area contributed by atoms with Crippen LogP contribution in [-0.4, -0.2) is 12.6 Å². The highest BCUT2D eigenvalue weighted by Crippen LogP contribution is 2.33. The van der Waals surface area contributed by atoms with Crippen molar-refractivity contribution in [1.82, 2.24) is 5.32 Å². The zero-order chi connectivity index (χ0) is 24.4. The van der Waals surface area contributed by atoms with Crippen LogP contribution in [-0.2, 0) is 6.18 Å². The van der Waals surface area contributed by atoms with Crippen LogP contribution in [0.15, 0.2) is 18.2 Å². The quantitative estimate of drug-likeness (QED) is 0.197. The van der Waals surface area contributed by atoms with Gasteiger partial charge in [-0.3, -0.25) is 0 Å². The molecule has 2 amide bonds. The van der Waals surface area contributed by atoms with Crippen molar-refractivity contribution in [1.29, 1.82) is 0 Å². The zero-order valence-corrected chi connectivity index (χ0v) is 20.9. The summed E-state index contributed by atoms with van der Waals surface area (Å²) >= 11 is 5.89. The van der Waals surface area contributed by atoms with Crippen LogP contribution in [0.5, 0.6) is 0 Å². The number of nitrogens with one attached hydrogen (secondary N) is 2. The summed E-state index contributed by atoms with van der Waals surface area (Å²) in [5.74, 6) is 0. The summed E-state index contributed by atoms with van der Waals surface area (Å²) in [7, 11) is 0. The van der Waals surface area contributed by atoms with Gasteiger partial charge in [0.15, 0.2) is 0 Å². The Morgan fingerprint density at radius 1 is 0.788 bits per heavy atom. The van der Waals surface area contributed by atoms with Gasteiger partial charge in [0.1, 0.15) is 0 Å². The Balaban J connectivity index is 1.95. The largest absolute Gasteiger partial charge is 0.416 e. The highest BCUT2D eigenvalue weighted by Gasteiger charge is 2.31. The molecule has 1 aromatic rings. The minimum atomic E-state index is -4.48. The number of halogens is 4. The Morgan fingerprint density at radius 3 is 1.70 bits per heavy atom. The van der Waals surface area contributed by atoms with Gasteiger partial charge >= 0.3 is 12.2 Å². The van der Waals surface area contributed by atoms with Crippen molar-refractivity contribution in [3.05, 3.63) is 28.8 Å². The van der Waals surface area contributed by atoms with Gasteiger partial charge in [-0.1, -0.05) is 115 Å². The maximum atomic E-state index is 12.8. The lowest BCUT2D eigenvalue weighted by atomic mass is 10.0. The van der Waals surface area contributed by atoms with E-state index in [1.807, 2.05) is 0 Å². The van der Waals surface area contributed by atoms with Crippen molar-refractivity contribution in [3.8, 4) is 0 Å². The number of anilines is 1. The van der Waals surface area contributed by atoms with E-state index in [1.54, 1.807) is 0 Å². The van der Waals surface area contributed by atoms with Gasteiger partial charge in [0.05, 0.1) is 16.3 Å². The molecule has 1 aromatic carbocycles. The van der Waals surface area contributed by atoms with E-state index >= 15 is 0 Å². The molecule has 0 heterocycles. The first-order chi connectivity index (χ1) is 15.8. The van der Waals surface area contributed by atoms with Gasteiger partial charge in [0.2, 0.25) is 0 Å². The number of benzene rings is 1. The van der Waals surface area contributed by atoms with Crippen molar-refractivity contribution in [2.45, 2.75) is 116 Å². The molecule has 0 saturated heterocycles. The first kappa shape index (κ1) is 29.6. The minimum Gasteiger partial charge on any atom is -0.338 e. The lowest BCUT2D eigenvalue weighted by Crippen LogP contribution is -2.29. The van der Waals surface area contributed by atoms with Crippen molar-refractivity contribution >= 4 is 23.3 Å². The summed E-state index contributed by atoms with van der Waals surface area (Å²) in [4.78, 5) is 11.9. The summed E-state index contributed by atoms with van der Waals surface area (Å²) in [5, 5.41) is 5.14. The van der Waals surface area contributed by atoms with E-state index in [-0.39, 0.29) is 10.7 Å². The molecule has 0 bridgehead atoms. The molecule has 0 fully saturated rings. The Hall–Kier alpha value is -1.43. The molecule has 3 nitrogen and oxygen atoms in total. The van der Waals surface area contributed by atoms with Crippen LogP contribution < -0.4 is 10.6 Å². The van der Waals surface area contributed by atoms with Crippen molar-refractivity contribution in [2.24, 2.45) is 0 Å². The molecule has 1 rings (SSSR count). The summed E-state index contributed by atoms with van der Waals surface area (Å²) in [6.07, 6.45) is 16.0. The average molecular weight is 491 g/mol. The van der Waals surface area contributed by atoms with E-state index in [0.717, 1.165) is 37.5 Å². The topological polar surface area (TPSA) is 41.1 Å². The SMILES string of the molecule is CCCCCCCCCCCCCCCCCCNC(=O)Nc1cc(C(F)(F)F)ccc1Cl. The number of rotatable bonds is 18. The van der Waals surface area contributed by atoms with Gasteiger partial charge in [-0.15, -0.1) is 0 Å². The van der Waals surface area contributed by atoms with Gasteiger partial charge in [-0.25, -0.2) is 4.79 Å². The van der Waals surface area contributed by atoms with Crippen LogP contribution in [0.2, 0.25) is 5.02 Å². The van der Waals surface area contributed by atoms with E-state index in [0.29, 0.717) is 6.54 Å². The van der Waals surface area contributed by atoms with E-state index < -0.39 is 17.8 Å². The van der Waals surface area contributed by atoms with Crippen molar-refractivity contribution in [2.75, 3.05) is 11.9 Å². The Morgan fingerprint density at radius 2 is 1.24 bits per heavy atom. The lowest BCUT2D eigenvalue weighted by molar-refractivity contribution is -0.137. The van der Waals surface area contributed by atoms with Gasteiger partial charge in [-0.05, 0) is 24.6 Å².